The maximum Gasteiger partial charge on any atom is 0.321 e. The van der Waals surface area contributed by atoms with Gasteiger partial charge in [-0.15, -0.1) is 0 Å². The van der Waals surface area contributed by atoms with E-state index in [1.54, 1.807) is 6.92 Å². The summed E-state index contributed by atoms with van der Waals surface area (Å²) in [6.45, 7) is 5.70. The van der Waals surface area contributed by atoms with Gasteiger partial charge in [-0.1, -0.05) is 13.8 Å². The molecule has 3 amide bonds. The summed E-state index contributed by atoms with van der Waals surface area (Å²) >= 11 is 0. The van der Waals surface area contributed by atoms with Crippen LogP contribution in [0.3, 0.4) is 0 Å². The second kappa shape index (κ2) is 9.32. The van der Waals surface area contributed by atoms with Gasteiger partial charge in [0.05, 0.1) is 0 Å². The van der Waals surface area contributed by atoms with Crippen LogP contribution in [0.5, 0.6) is 0 Å². The quantitative estimate of drug-likeness (QED) is 0.589. The molecule has 0 aromatic rings. The Morgan fingerprint density at radius 1 is 1.26 bits per heavy atom. The van der Waals surface area contributed by atoms with Crippen LogP contribution >= 0.6 is 0 Å². The molecule has 0 radical (unpaired) electrons. The van der Waals surface area contributed by atoms with Crippen molar-refractivity contribution in [2.24, 2.45) is 5.92 Å². The molecule has 0 heterocycles. The third-order valence-electron chi connectivity index (χ3n) is 2.63. The maximum absolute atomic E-state index is 11.4. The number of rotatable bonds is 8. The van der Waals surface area contributed by atoms with E-state index in [4.69, 9.17) is 5.11 Å². The number of urea groups is 1. The number of likely N-dealkylation sites (N-methyl/N-ethyl adjacent to an activating group) is 1. The summed E-state index contributed by atoms with van der Waals surface area (Å²) in [5, 5.41) is 13.3. The molecular weight excluding hydrogens is 250 g/mol. The zero-order valence-corrected chi connectivity index (χ0v) is 11.7. The number of carbonyl (C=O) groups excluding carboxylic acids is 2. The van der Waals surface area contributed by atoms with E-state index < -0.39 is 17.9 Å². The molecule has 0 saturated heterocycles. The predicted octanol–water partition coefficient (Wildman–Crippen LogP) is 0.265. The molecule has 7 heteroatoms. The first-order valence-electron chi connectivity index (χ1n) is 6.33. The Morgan fingerprint density at radius 3 is 2.42 bits per heavy atom. The van der Waals surface area contributed by atoms with E-state index in [0.29, 0.717) is 13.1 Å². The molecule has 0 aliphatic carbocycles. The van der Waals surface area contributed by atoms with E-state index in [1.807, 2.05) is 18.9 Å². The molecule has 0 aliphatic rings. The normalized spacial score (nSPS) is 12.0. The molecule has 3 N–H and O–H groups in total. The van der Waals surface area contributed by atoms with E-state index in [0.717, 1.165) is 6.54 Å². The number of amides is 3. The third kappa shape index (κ3) is 10.0. The van der Waals surface area contributed by atoms with Crippen LogP contribution in [0.2, 0.25) is 0 Å². The lowest BCUT2D eigenvalue weighted by atomic mass is 10.0. The molecule has 0 saturated carbocycles. The summed E-state index contributed by atoms with van der Waals surface area (Å²) in [5.41, 5.74) is 0. The van der Waals surface area contributed by atoms with Crippen LogP contribution in [0, 0.1) is 5.92 Å². The molecule has 0 spiro atoms. The van der Waals surface area contributed by atoms with Crippen molar-refractivity contribution >= 4 is 17.9 Å². The van der Waals surface area contributed by atoms with Gasteiger partial charge in [0.2, 0.25) is 5.91 Å². The molecular formula is C12H23N3O4. The van der Waals surface area contributed by atoms with Crippen molar-refractivity contribution in [3.8, 4) is 0 Å². The summed E-state index contributed by atoms with van der Waals surface area (Å²) in [7, 11) is 1.93. The first-order chi connectivity index (χ1) is 8.85. The SMILES string of the molecule is CCN(C)CCNC(=O)NC(=O)CC(C)CC(=O)O. The zero-order valence-electron chi connectivity index (χ0n) is 11.7. The van der Waals surface area contributed by atoms with E-state index >= 15 is 0 Å². The minimum atomic E-state index is -0.952. The molecule has 0 fully saturated rings. The Bertz CT molecular complexity index is 320. The first-order valence-corrected chi connectivity index (χ1v) is 6.33. The third-order valence-corrected chi connectivity index (χ3v) is 2.63. The second-order valence-corrected chi connectivity index (χ2v) is 4.61. The Balaban J connectivity index is 3.80. The fourth-order valence-corrected chi connectivity index (χ4v) is 1.43. The number of imide groups is 1. The molecule has 110 valence electrons. The van der Waals surface area contributed by atoms with E-state index in [-0.39, 0.29) is 18.8 Å². The van der Waals surface area contributed by atoms with Gasteiger partial charge in [0, 0.05) is 25.9 Å². The van der Waals surface area contributed by atoms with Crippen LogP contribution < -0.4 is 10.6 Å². The molecule has 0 aliphatic heterocycles. The maximum atomic E-state index is 11.4. The summed E-state index contributed by atoms with van der Waals surface area (Å²) in [5.74, 6) is -1.71. The van der Waals surface area contributed by atoms with Gasteiger partial charge in [0.15, 0.2) is 0 Å². The minimum Gasteiger partial charge on any atom is -0.481 e. The molecule has 1 unspecified atom stereocenters. The van der Waals surface area contributed by atoms with Gasteiger partial charge in [-0.25, -0.2) is 4.79 Å². The number of aliphatic carboxylic acids is 1. The average Bonchev–Trinajstić information content (AvgIpc) is 2.26. The Hall–Kier alpha value is -1.63. The van der Waals surface area contributed by atoms with Gasteiger partial charge >= 0.3 is 12.0 Å². The number of hydrogen-bond donors (Lipinski definition) is 3. The molecule has 7 nitrogen and oxygen atoms in total. The molecule has 0 aromatic carbocycles. The molecule has 19 heavy (non-hydrogen) atoms. The zero-order chi connectivity index (χ0) is 14.8. The van der Waals surface area contributed by atoms with Crippen LogP contribution in [0.25, 0.3) is 0 Å². The molecule has 0 rings (SSSR count). The van der Waals surface area contributed by atoms with E-state index in [1.165, 1.54) is 0 Å². The lowest BCUT2D eigenvalue weighted by Gasteiger charge is -2.14. The van der Waals surface area contributed by atoms with Gasteiger partial charge in [-0.3, -0.25) is 14.9 Å². The fourth-order valence-electron chi connectivity index (χ4n) is 1.43. The highest BCUT2D eigenvalue weighted by Gasteiger charge is 2.14. The smallest absolute Gasteiger partial charge is 0.321 e. The van der Waals surface area contributed by atoms with Crippen LogP contribution in [0.1, 0.15) is 26.7 Å². The van der Waals surface area contributed by atoms with Gasteiger partial charge in [0.25, 0.3) is 0 Å². The van der Waals surface area contributed by atoms with Crippen molar-refractivity contribution in [3.05, 3.63) is 0 Å². The van der Waals surface area contributed by atoms with Crippen LogP contribution in [-0.2, 0) is 9.59 Å². The van der Waals surface area contributed by atoms with Crippen LogP contribution in [0.4, 0.5) is 4.79 Å². The van der Waals surface area contributed by atoms with Crippen LogP contribution in [-0.4, -0.2) is 54.6 Å². The van der Waals surface area contributed by atoms with Gasteiger partial charge in [-0.05, 0) is 19.5 Å². The highest BCUT2D eigenvalue weighted by atomic mass is 16.4. The van der Waals surface area contributed by atoms with E-state index in [2.05, 4.69) is 10.6 Å². The fraction of sp³-hybridized carbons (Fsp3) is 0.750. The van der Waals surface area contributed by atoms with Crippen molar-refractivity contribution in [1.82, 2.24) is 15.5 Å². The summed E-state index contributed by atoms with van der Waals surface area (Å²) in [4.78, 5) is 35.2. The summed E-state index contributed by atoms with van der Waals surface area (Å²) in [6.07, 6.45) is -0.0646. The summed E-state index contributed by atoms with van der Waals surface area (Å²) in [6, 6.07) is -0.544. The standard InChI is InChI=1S/C12H23N3O4/c1-4-15(3)6-5-13-12(19)14-10(16)7-9(2)8-11(17)18/h9H,4-8H2,1-3H3,(H,17,18)(H2,13,14,16,19). The predicted molar refractivity (Wildman–Crippen MR) is 70.7 cm³/mol. The van der Waals surface area contributed by atoms with Gasteiger partial charge in [-0.2, -0.15) is 0 Å². The van der Waals surface area contributed by atoms with E-state index in [9.17, 15) is 14.4 Å². The lowest BCUT2D eigenvalue weighted by molar-refractivity contribution is -0.138. The van der Waals surface area contributed by atoms with Crippen LogP contribution in [0.15, 0.2) is 0 Å². The topological polar surface area (TPSA) is 98.7 Å². The monoisotopic (exact) mass is 273 g/mol. The van der Waals surface area contributed by atoms with Gasteiger partial charge < -0.3 is 15.3 Å². The van der Waals surface area contributed by atoms with Crippen molar-refractivity contribution in [2.45, 2.75) is 26.7 Å². The number of nitrogens with one attached hydrogen (secondary N) is 2. The number of carbonyl (C=O) groups is 3. The lowest BCUT2D eigenvalue weighted by Crippen LogP contribution is -2.42. The molecule has 1 atom stereocenters. The summed E-state index contributed by atoms with van der Waals surface area (Å²) < 4.78 is 0. The van der Waals surface area contributed by atoms with Crippen molar-refractivity contribution in [3.63, 3.8) is 0 Å². The second-order valence-electron chi connectivity index (χ2n) is 4.61. The number of nitrogens with zero attached hydrogens (tertiary/aromatic N) is 1. The number of hydrogen-bond acceptors (Lipinski definition) is 4. The number of carboxylic acid groups (broad SMARTS) is 1. The Labute approximate surface area is 113 Å². The Kier molecular flexibility index (Phi) is 8.52. The largest absolute Gasteiger partial charge is 0.481 e. The highest BCUT2D eigenvalue weighted by Crippen LogP contribution is 2.06. The highest BCUT2D eigenvalue weighted by molar-refractivity contribution is 5.94. The average molecular weight is 273 g/mol. The number of carboxylic acids is 1. The Morgan fingerprint density at radius 2 is 1.89 bits per heavy atom. The van der Waals surface area contributed by atoms with Crippen molar-refractivity contribution in [1.29, 1.82) is 0 Å². The van der Waals surface area contributed by atoms with Crippen molar-refractivity contribution in [2.75, 3.05) is 26.7 Å². The molecule has 0 aromatic heterocycles. The minimum absolute atomic E-state index is 0.0224. The first kappa shape index (κ1) is 17.4. The van der Waals surface area contributed by atoms with Gasteiger partial charge in [0.1, 0.15) is 0 Å². The molecule has 0 bridgehead atoms. The van der Waals surface area contributed by atoms with Crippen molar-refractivity contribution < 1.29 is 19.5 Å².